The Kier molecular flexibility index (Phi) is 3.74. The zero-order valence-electron chi connectivity index (χ0n) is 10.3. The third-order valence-electron chi connectivity index (χ3n) is 2.73. The van der Waals surface area contributed by atoms with Gasteiger partial charge in [-0.2, -0.15) is 0 Å². The Morgan fingerprint density at radius 1 is 1.26 bits per heavy atom. The standard InChI is InChI=1S/C12H11FIN3O2/c1-15-10-6-11(18)17(12(19)16(10)2)9-4-3-7(14)5-8(9)13/h3-6,15H,1-2H3. The van der Waals surface area contributed by atoms with E-state index in [1.165, 1.54) is 29.8 Å². The molecule has 1 heterocycles. The molecule has 0 spiro atoms. The summed E-state index contributed by atoms with van der Waals surface area (Å²) >= 11 is 1.96. The van der Waals surface area contributed by atoms with E-state index in [1.807, 2.05) is 22.6 Å². The zero-order valence-corrected chi connectivity index (χ0v) is 12.4. The largest absolute Gasteiger partial charge is 0.374 e. The minimum absolute atomic E-state index is 0.0475. The van der Waals surface area contributed by atoms with Gasteiger partial charge in [-0.15, -0.1) is 0 Å². The van der Waals surface area contributed by atoms with Crippen LogP contribution in [-0.2, 0) is 7.05 Å². The maximum absolute atomic E-state index is 13.9. The lowest BCUT2D eigenvalue weighted by molar-refractivity contribution is 0.606. The van der Waals surface area contributed by atoms with Gasteiger partial charge in [-0.3, -0.25) is 9.36 Å². The summed E-state index contributed by atoms with van der Waals surface area (Å²) in [6.07, 6.45) is 0. The number of aromatic nitrogens is 2. The summed E-state index contributed by atoms with van der Waals surface area (Å²) in [5, 5.41) is 2.73. The molecular weight excluding hydrogens is 364 g/mol. The Hall–Kier alpha value is -1.64. The fraction of sp³-hybridized carbons (Fsp3) is 0.167. The second kappa shape index (κ2) is 5.16. The Morgan fingerprint density at radius 2 is 1.95 bits per heavy atom. The third-order valence-corrected chi connectivity index (χ3v) is 3.40. The van der Waals surface area contributed by atoms with Gasteiger partial charge in [-0.05, 0) is 40.8 Å². The Balaban J connectivity index is 2.80. The van der Waals surface area contributed by atoms with Crippen molar-refractivity contribution >= 4 is 28.4 Å². The molecule has 1 aromatic heterocycles. The summed E-state index contributed by atoms with van der Waals surface area (Å²) in [6.45, 7) is 0. The first kappa shape index (κ1) is 13.8. The molecule has 2 aromatic rings. The van der Waals surface area contributed by atoms with E-state index in [0.29, 0.717) is 9.39 Å². The van der Waals surface area contributed by atoms with Crippen molar-refractivity contribution in [2.24, 2.45) is 7.05 Å². The predicted molar refractivity (Wildman–Crippen MR) is 79.5 cm³/mol. The molecular formula is C12H11FIN3O2. The van der Waals surface area contributed by atoms with Gasteiger partial charge in [0.2, 0.25) is 0 Å². The summed E-state index contributed by atoms with van der Waals surface area (Å²) in [7, 11) is 3.11. The number of rotatable bonds is 2. The zero-order chi connectivity index (χ0) is 14.2. The molecule has 0 fully saturated rings. The molecule has 100 valence electrons. The molecule has 0 aliphatic carbocycles. The van der Waals surface area contributed by atoms with Crippen LogP contribution in [0, 0.1) is 9.39 Å². The SMILES string of the molecule is CNc1cc(=O)n(-c2ccc(I)cc2F)c(=O)n1C. The first-order valence-electron chi connectivity index (χ1n) is 5.42. The van der Waals surface area contributed by atoms with Crippen LogP contribution in [0.15, 0.2) is 33.9 Å². The number of anilines is 1. The number of nitrogens with zero attached hydrogens (tertiary/aromatic N) is 2. The van der Waals surface area contributed by atoms with Crippen molar-refractivity contribution in [1.82, 2.24) is 9.13 Å². The minimum atomic E-state index is -0.608. The number of benzene rings is 1. The van der Waals surface area contributed by atoms with E-state index < -0.39 is 17.1 Å². The highest BCUT2D eigenvalue weighted by molar-refractivity contribution is 14.1. The van der Waals surface area contributed by atoms with Gasteiger partial charge in [0.15, 0.2) is 0 Å². The van der Waals surface area contributed by atoms with Gasteiger partial charge in [0.05, 0.1) is 5.69 Å². The molecule has 0 bridgehead atoms. The predicted octanol–water partition coefficient (Wildman–Crippen LogP) is 1.32. The van der Waals surface area contributed by atoms with Gasteiger partial charge < -0.3 is 5.32 Å². The van der Waals surface area contributed by atoms with Crippen LogP contribution < -0.4 is 16.6 Å². The van der Waals surface area contributed by atoms with Crippen molar-refractivity contribution in [2.75, 3.05) is 12.4 Å². The van der Waals surface area contributed by atoms with E-state index in [9.17, 15) is 14.0 Å². The molecule has 0 unspecified atom stereocenters. The van der Waals surface area contributed by atoms with Crippen LogP contribution in [0.2, 0.25) is 0 Å². The smallest absolute Gasteiger partial charge is 0.337 e. The lowest BCUT2D eigenvalue weighted by Gasteiger charge is -2.11. The van der Waals surface area contributed by atoms with Gasteiger partial charge in [-0.1, -0.05) is 0 Å². The Labute approximate surface area is 121 Å². The summed E-state index contributed by atoms with van der Waals surface area (Å²) < 4.78 is 16.6. The summed E-state index contributed by atoms with van der Waals surface area (Å²) in [6, 6.07) is 5.57. The maximum Gasteiger partial charge on any atom is 0.337 e. The van der Waals surface area contributed by atoms with Crippen molar-refractivity contribution in [2.45, 2.75) is 0 Å². The van der Waals surface area contributed by atoms with Gasteiger partial charge in [-0.25, -0.2) is 13.8 Å². The highest BCUT2D eigenvalue weighted by Gasteiger charge is 2.13. The quantitative estimate of drug-likeness (QED) is 0.806. The molecule has 5 nitrogen and oxygen atoms in total. The van der Waals surface area contributed by atoms with Gasteiger partial charge in [0, 0.05) is 23.7 Å². The van der Waals surface area contributed by atoms with E-state index in [2.05, 4.69) is 5.32 Å². The van der Waals surface area contributed by atoms with Crippen molar-refractivity contribution in [3.8, 4) is 5.69 Å². The molecule has 0 amide bonds. The van der Waals surface area contributed by atoms with Crippen molar-refractivity contribution in [3.05, 3.63) is 54.5 Å². The van der Waals surface area contributed by atoms with Crippen LogP contribution in [0.4, 0.5) is 10.2 Å². The van der Waals surface area contributed by atoms with Crippen LogP contribution in [0.5, 0.6) is 0 Å². The van der Waals surface area contributed by atoms with Crippen LogP contribution in [0.3, 0.4) is 0 Å². The number of hydrogen-bond donors (Lipinski definition) is 1. The van der Waals surface area contributed by atoms with Crippen molar-refractivity contribution in [1.29, 1.82) is 0 Å². The third kappa shape index (κ3) is 2.42. The van der Waals surface area contributed by atoms with E-state index >= 15 is 0 Å². The monoisotopic (exact) mass is 375 g/mol. The van der Waals surface area contributed by atoms with E-state index in [-0.39, 0.29) is 5.69 Å². The lowest BCUT2D eigenvalue weighted by Crippen LogP contribution is -2.38. The summed E-state index contributed by atoms with van der Waals surface area (Å²) in [5.74, 6) is -0.236. The van der Waals surface area contributed by atoms with E-state index in [0.717, 1.165) is 4.57 Å². The highest BCUT2D eigenvalue weighted by atomic mass is 127. The van der Waals surface area contributed by atoms with Gasteiger partial charge >= 0.3 is 5.69 Å². The molecule has 1 N–H and O–H groups in total. The molecule has 7 heteroatoms. The molecule has 1 aromatic carbocycles. The van der Waals surface area contributed by atoms with Crippen LogP contribution in [-0.4, -0.2) is 16.2 Å². The summed E-state index contributed by atoms with van der Waals surface area (Å²) in [5.41, 5.74) is -1.22. The Bertz CT molecular complexity index is 752. The average Bonchev–Trinajstić information content (AvgIpc) is 2.36. The molecule has 0 atom stereocenters. The second-order valence-electron chi connectivity index (χ2n) is 3.89. The fourth-order valence-electron chi connectivity index (χ4n) is 1.75. The highest BCUT2D eigenvalue weighted by Crippen LogP contribution is 2.14. The molecule has 0 saturated heterocycles. The van der Waals surface area contributed by atoms with E-state index in [4.69, 9.17) is 0 Å². The molecule has 2 rings (SSSR count). The van der Waals surface area contributed by atoms with Crippen LogP contribution in [0.25, 0.3) is 5.69 Å². The topological polar surface area (TPSA) is 56.0 Å². The van der Waals surface area contributed by atoms with Crippen LogP contribution >= 0.6 is 22.6 Å². The fourth-order valence-corrected chi connectivity index (χ4v) is 2.20. The van der Waals surface area contributed by atoms with E-state index in [1.54, 1.807) is 13.1 Å². The van der Waals surface area contributed by atoms with Crippen molar-refractivity contribution < 1.29 is 4.39 Å². The molecule has 0 aliphatic rings. The van der Waals surface area contributed by atoms with Crippen molar-refractivity contribution in [3.63, 3.8) is 0 Å². The second-order valence-corrected chi connectivity index (χ2v) is 5.14. The first-order chi connectivity index (χ1) is 8.95. The molecule has 0 radical (unpaired) electrons. The van der Waals surface area contributed by atoms with Gasteiger partial charge in [0.25, 0.3) is 5.56 Å². The molecule has 0 aliphatic heterocycles. The maximum atomic E-state index is 13.9. The lowest BCUT2D eigenvalue weighted by atomic mass is 10.3. The molecule has 0 saturated carbocycles. The van der Waals surface area contributed by atoms with Crippen LogP contribution in [0.1, 0.15) is 0 Å². The minimum Gasteiger partial charge on any atom is -0.374 e. The molecule has 19 heavy (non-hydrogen) atoms. The summed E-state index contributed by atoms with van der Waals surface area (Å²) in [4.78, 5) is 24.1. The van der Waals surface area contributed by atoms with Gasteiger partial charge in [0.1, 0.15) is 11.6 Å². The Morgan fingerprint density at radius 3 is 2.53 bits per heavy atom. The first-order valence-corrected chi connectivity index (χ1v) is 6.50. The average molecular weight is 375 g/mol. The normalized spacial score (nSPS) is 10.5. The number of nitrogens with one attached hydrogen (secondary N) is 1. The number of halogens is 2. The number of hydrogen-bond acceptors (Lipinski definition) is 3.